The number of hydrogen-bond donors (Lipinski definition) is 0. The first-order valence-corrected chi connectivity index (χ1v) is 14.8. The molecule has 0 radical (unpaired) electrons. The van der Waals surface area contributed by atoms with Gasteiger partial charge in [-0.05, 0) is 62.4 Å². The molecular weight excluding hydrogens is 520 g/mol. The molecule has 1 heterocycles. The molecule has 2 heteroatoms. The fraction of sp³-hybridized carbons (Fsp3) is 0.0732. The third kappa shape index (κ3) is 4.18. The lowest BCUT2D eigenvalue weighted by molar-refractivity contribution is 0.660. The average molecular weight is 551 g/mol. The van der Waals surface area contributed by atoms with Gasteiger partial charge in [-0.25, -0.2) is 9.97 Å². The first-order chi connectivity index (χ1) is 21.1. The second-order valence-electron chi connectivity index (χ2n) is 11.8. The summed E-state index contributed by atoms with van der Waals surface area (Å²) in [6, 6.07) is 51.7. The summed E-state index contributed by atoms with van der Waals surface area (Å²) in [4.78, 5) is 10.3. The van der Waals surface area contributed by atoms with Crippen LogP contribution in [0.5, 0.6) is 0 Å². The summed E-state index contributed by atoms with van der Waals surface area (Å²) in [5.74, 6) is 0.730. The Kier molecular flexibility index (Phi) is 5.84. The SMILES string of the molecule is CC1(C)c2ccccc2-c2ccc(-c3ccc(-c4nc(-c5ccccc5)cc(-c5ccccc5)n4)c4ccccc34)cc21. The van der Waals surface area contributed by atoms with E-state index in [0.29, 0.717) is 0 Å². The van der Waals surface area contributed by atoms with E-state index in [4.69, 9.17) is 9.97 Å². The van der Waals surface area contributed by atoms with E-state index in [1.54, 1.807) is 0 Å². The Morgan fingerprint density at radius 3 is 1.58 bits per heavy atom. The Morgan fingerprint density at radius 2 is 0.907 bits per heavy atom. The maximum absolute atomic E-state index is 5.13. The van der Waals surface area contributed by atoms with Crippen LogP contribution >= 0.6 is 0 Å². The molecule has 1 aromatic heterocycles. The van der Waals surface area contributed by atoms with Crippen LogP contribution in [0.25, 0.3) is 66.9 Å². The molecular formula is C41H30N2. The molecule has 8 rings (SSSR count). The van der Waals surface area contributed by atoms with Gasteiger partial charge in [-0.15, -0.1) is 0 Å². The molecule has 7 aromatic rings. The molecule has 0 fully saturated rings. The molecule has 0 N–H and O–H groups in total. The average Bonchev–Trinajstić information content (AvgIpc) is 3.30. The van der Waals surface area contributed by atoms with Crippen molar-refractivity contribution in [3.63, 3.8) is 0 Å². The van der Waals surface area contributed by atoms with Crippen LogP contribution in [0, 0.1) is 0 Å². The highest BCUT2D eigenvalue weighted by Crippen LogP contribution is 2.50. The Morgan fingerprint density at radius 1 is 0.395 bits per heavy atom. The molecule has 0 bridgehead atoms. The van der Waals surface area contributed by atoms with Crippen LogP contribution in [0.1, 0.15) is 25.0 Å². The molecule has 43 heavy (non-hydrogen) atoms. The van der Waals surface area contributed by atoms with Gasteiger partial charge in [0.15, 0.2) is 5.82 Å². The predicted molar refractivity (Wildman–Crippen MR) is 179 cm³/mol. The van der Waals surface area contributed by atoms with Gasteiger partial charge in [0.25, 0.3) is 0 Å². The Labute approximate surface area is 252 Å². The largest absolute Gasteiger partial charge is 0.228 e. The van der Waals surface area contributed by atoms with E-state index in [0.717, 1.165) is 39.3 Å². The summed E-state index contributed by atoms with van der Waals surface area (Å²) < 4.78 is 0. The minimum Gasteiger partial charge on any atom is -0.228 e. The van der Waals surface area contributed by atoms with Gasteiger partial charge in [-0.1, -0.05) is 141 Å². The van der Waals surface area contributed by atoms with Crippen LogP contribution in [-0.4, -0.2) is 9.97 Å². The molecule has 0 saturated carbocycles. The Bertz CT molecular complexity index is 2090. The van der Waals surface area contributed by atoms with E-state index in [9.17, 15) is 0 Å². The fourth-order valence-electron chi connectivity index (χ4n) is 6.70. The third-order valence-electron chi connectivity index (χ3n) is 8.92. The number of rotatable bonds is 4. The standard InChI is InChI=1S/C41H30N2/c1-41(2)36-20-12-11-19-33(36)34-22-21-29(25-37(34)41)30-23-24-35(32-18-10-9-17-31(30)32)40-42-38(27-13-5-3-6-14-27)26-39(43-40)28-15-7-4-8-16-28/h3-26H,1-2H3. The van der Waals surface area contributed by atoms with Crippen LogP contribution in [0.2, 0.25) is 0 Å². The molecule has 2 nitrogen and oxygen atoms in total. The molecule has 0 amide bonds. The van der Waals surface area contributed by atoms with Crippen molar-refractivity contribution in [1.82, 2.24) is 9.97 Å². The van der Waals surface area contributed by atoms with Crippen LogP contribution in [0.15, 0.2) is 146 Å². The molecule has 0 spiro atoms. The van der Waals surface area contributed by atoms with Crippen LogP contribution < -0.4 is 0 Å². The molecule has 0 unspecified atom stereocenters. The van der Waals surface area contributed by atoms with E-state index in [1.807, 2.05) is 12.1 Å². The lowest BCUT2D eigenvalue weighted by Crippen LogP contribution is -2.14. The van der Waals surface area contributed by atoms with Crippen LogP contribution in [0.4, 0.5) is 0 Å². The number of aromatic nitrogens is 2. The smallest absolute Gasteiger partial charge is 0.161 e. The molecule has 204 valence electrons. The molecule has 0 saturated heterocycles. The minimum atomic E-state index is -0.0444. The van der Waals surface area contributed by atoms with E-state index in [1.165, 1.54) is 38.8 Å². The van der Waals surface area contributed by atoms with Crippen molar-refractivity contribution in [2.24, 2.45) is 0 Å². The van der Waals surface area contributed by atoms with Gasteiger partial charge in [0.2, 0.25) is 0 Å². The van der Waals surface area contributed by atoms with E-state index in [-0.39, 0.29) is 5.41 Å². The zero-order valence-corrected chi connectivity index (χ0v) is 24.3. The molecule has 0 atom stereocenters. The van der Waals surface area contributed by atoms with E-state index >= 15 is 0 Å². The van der Waals surface area contributed by atoms with Gasteiger partial charge < -0.3 is 0 Å². The predicted octanol–water partition coefficient (Wildman–Crippen LogP) is 10.6. The second kappa shape index (κ2) is 9.89. The van der Waals surface area contributed by atoms with Crippen molar-refractivity contribution in [3.05, 3.63) is 157 Å². The summed E-state index contributed by atoms with van der Waals surface area (Å²) in [5, 5.41) is 2.34. The van der Waals surface area contributed by atoms with Crippen molar-refractivity contribution in [2.75, 3.05) is 0 Å². The quantitative estimate of drug-likeness (QED) is 0.218. The summed E-state index contributed by atoms with van der Waals surface area (Å²) in [6.45, 7) is 4.67. The zero-order chi connectivity index (χ0) is 29.0. The highest BCUT2D eigenvalue weighted by Gasteiger charge is 2.35. The highest BCUT2D eigenvalue weighted by atomic mass is 14.9. The second-order valence-corrected chi connectivity index (χ2v) is 11.8. The minimum absolute atomic E-state index is 0.0444. The summed E-state index contributed by atoms with van der Waals surface area (Å²) >= 11 is 0. The monoisotopic (exact) mass is 550 g/mol. The maximum Gasteiger partial charge on any atom is 0.161 e. The molecule has 1 aliphatic rings. The molecule has 6 aromatic carbocycles. The molecule has 1 aliphatic carbocycles. The zero-order valence-electron chi connectivity index (χ0n) is 24.3. The third-order valence-corrected chi connectivity index (χ3v) is 8.92. The normalized spacial score (nSPS) is 13.1. The van der Waals surface area contributed by atoms with E-state index < -0.39 is 0 Å². The summed E-state index contributed by atoms with van der Waals surface area (Å²) in [6.07, 6.45) is 0. The van der Waals surface area contributed by atoms with Crippen molar-refractivity contribution in [1.29, 1.82) is 0 Å². The van der Waals surface area contributed by atoms with Gasteiger partial charge in [-0.3, -0.25) is 0 Å². The number of fused-ring (bicyclic) bond motifs is 4. The van der Waals surface area contributed by atoms with Crippen molar-refractivity contribution < 1.29 is 0 Å². The maximum atomic E-state index is 5.13. The van der Waals surface area contributed by atoms with Crippen LogP contribution in [-0.2, 0) is 5.41 Å². The lowest BCUT2D eigenvalue weighted by Gasteiger charge is -2.22. The van der Waals surface area contributed by atoms with Gasteiger partial charge in [-0.2, -0.15) is 0 Å². The first-order valence-electron chi connectivity index (χ1n) is 14.8. The first kappa shape index (κ1) is 25.4. The van der Waals surface area contributed by atoms with Crippen molar-refractivity contribution >= 4 is 10.8 Å². The fourth-order valence-corrected chi connectivity index (χ4v) is 6.70. The Balaban J connectivity index is 1.30. The molecule has 0 aliphatic heterocycles. The van der Waals surface area contributed by atoms with Crippen molar-refractivity contribution in [2.45, 2.75) is 19.3 Å². The van der Waals surface area contributed by atoms with Gasteiger partial charge >= 0.3 is 0 Å². The summed E-state index contributed by atoms with van der Waals surface area (Å²) in [7, 11) is 0. The lowest BCUT2D eigenvalue weighted by atomic mass is 9.81. The van der Waals surface area contributed by atoms with Crippen molar-refractivity contribution in [3.8, 4) is 56.2 Å². The van der Waals surface area contributed by atoms with E-state index in [2.05, 4.69) is 147 Å². The van der Waals surface area contributed by atoms with Gasteiger partial charge in [0.05, 0.1) is 11.4 Å². The number of hydrogen-bond acceptors (Lipinski definition) is 2. The van der Waals surface area contributed by atoms with Crippen LogP contribution in [0.3, 0.4) is 0 Å². The number of nitrogens with zero attached hydrogens (tertiary/aromatic N) is 2. The van der Waals surface area contributed by atoms with Gasteiger partial charge in [0.1, 0.15) is 0 Å². The van der Waals surface area contributed by atoms with Gasteiger partial charge in [0, 0.05) is 22.1 Å². The summed E-state index contributed by atoms with van der Waals surface area (Å²) in [5.41, 5.74) is 12.9. The number of benzene rings is 6. The Hall–Kier alpha value is -5.34. The highest BCUT2D eigenvalue weighted by molar-refractivity contribution is 6.04. The topological polar surface area (TPSA) is 25.8 Å².